The van der Waals surface area contributed by atoms with Crippen LogP contribution in [0.25, 0.3) is 0 Å². The van der Waals surface area contributed by atoms with Crippen LogP contribution in [0.15, 0.2) is 12.1 Å². The highest BCUT2D eigenvalue weighted by molar-refractivity contribution is 5.94. The summed E-state index contributed by atoms with van der Waals surface area (Å²) in [6.45, 7) is 1.10. The number of carbonyl (C=O) groups excluding carboxylic acids is 1. The Balaban J connectivity index is 3.45. The molecule has 0 aliphatic rings. The molecular formula is C11H10N2O5. The first-order valence-corrected chi connectivity index (χ1v) is 5.04. The number of rotatable bonds is 4. The first-order valence-electron chi connectivity index (χ1n) is 5.04. The van der Waals surface area contributed by atoms with E-state index >= 15 is 0 Å². The third-order valence-corrected chi connectivity index (χ3v) is 2.19. The summed E-state index contributed by atoms with van der Waals surface area (Å²) in [5.74, 6) is -0.784. The molecule has 0 unspecified atom stereocenters. The highest BCUT2D eigenvalue weighted by Gasteiger charge is 2.22. The number of carbonyl (C=O) groups is 1. The van der Waals surface area contributed by atoms with Gasteiger partial charge < -0.3 is 9.84 Å². The molecule has 18 heavy (non-hydrogen) atoms. The van der Waals surface area contributed by atoms with Crippen molar-refractivity contribution in [3.05, 3.63) is 38.9 Å². The summed E-state index contributed by atoms with van der Waals surface area (Å²) in [6.07, 6.45) is 0. The molecule has 0 heterocycles. The van der Waals surface area contributed by atoms with E-state index in [1.807, 2.05) is 0 Å². The fraction of sp³-hybridized carbons (Fsp3) is 0.273. The first-order chi connectivity index (χ1) is 8.54. The van der Waals surface area contributed by atoms with Crippen molar-refractivity contribution in [2.24, 2.45) is 0 Å². The molecule has 0 fully saturated rings. The SMILES string of the molecule is CCOC(=O)c1c(C#N)cc([N+](=O)[O-])cc1CO. The normalized spacial score (nSPS) is 9.61. The second-order valence-electron chi connectivity index (χ2n) is 3.27. The average Bonchev–Trinajstić information content (AvgIpc) is 2.36. The minimum absolute atomic E-state index is 0.000741. The molecule has 0 bridgehead atoms. The summed E-state index contributed by atoms with van der Waals surface area (Å²) in [7, 11) is 0. The van der Waals surface area contributed by atoms with Gasteiger partial charge in [-0.2, -0.15) is 5.26 Å². The van der Waals surface area contributed by atoms with Gasteiger partial charge in [0, 0.05) is 17.7 Å². The zero-order valence-corrected chi connectivity index (χ0v) is 9.54. The van der Waals surface area contributed by atoms with Gasteiger partial charge in [-0.15, -0.1) is 0 Å². The molecule has 1 aromatic carbocycles. The van der Waals surface area contributed by atoms with Crippen LogP contribution in [0.2, 0.25) is 0 Å². The van der Waals surface area contributed by atoms with Crippen LogP contribution in [-0.4, -0.2) is 22.6 Å². The Morgan fingerprint density at radius 3 is 2.72 bits per heavy atom. The predicted molar refractivity (Wildman–Crippen MR) is 59.7 cm³/mol. The van der Waals surface area contributed by atoms with Crippen molar-refractivity contribution in [2.75, 3.05) is 6.61 Å². The van der Waals surface area contributed by atoms with Crippen LogP contribution in [0.3, 0.4) is 0 Å². The smallest absolute Gasteiger partial charge is 0.339 e. The molecule has 7 heteroatoms. The fourth-order valence-electron chi connectivity index (χ4n) is 1.45. The highest BCUT2D eigenvalue weighted by atomic mass is 16.6. The molecule has 1 aromatic rings. The predicted octanol–water partition coefficient (Wildman–Crippen LogP) is 1.14. The second kappa shape index (κ2) is 5.75. The molecule has 1 rings (SSSR count). The first kappa shape index (κ1) is 13.6. The van der Waals surface area contributed by atoms with Gasteiger partial charge >= 0.3 is 5.97 Å². The van der Waals surface area contributed by atoms with Crippen LogP contribution in [0.1, 0.15) is 28.4 Å². The molecule has 0 saturated heterocycles. The van der Waals surface area contributed by atoms with Crippen LogP contribution >= 0.6 is 0 Å². The van der Waals surface area contributed by atoms with Gasteiger partial charge in [0.25, 0.3) is 5.69 Å². The Labute approximate surface area is 102 Å². The van der Waals surface area contributed by atoms with Gasteiger partial charge in [-0.05, 0) is 6.92 Å². The van der Waals surface area contributed by atoms with E-state index in [0.29, 0.717) is 0 Å². The van der Waals surface area contributed by atoms with E-state index < -0.39 is 17.5 Å². The maximum atomic E-state index is 11.6. The van der Waals surface area contributed by atoms with Gasteiger partial charge in [0.05, 0.1) is 29.3 Å². The Morgan fingerprint density at radius 1 is 1.61 bits per heavy atom. The molecule has 7 nitrogen and oxygen atoms in total. The van der Waals surface area contributed by atoms with Gasteiger partial charge in [0.2, 0.25) is 0 Å². The fourth-order valence-corrected chi connectivity index (χ4v) is 1.45. The molecule has 94 valence electrons. The van der Waals surface area contributed by atoms with Gasteiger partial charge in [-0.25, -0.2) is 4.79 Å². The molecule has 0 aliphatic heterocycles. The number of non-ortho nitro benzene ring substituents is 1. The van der Waals surface area contributed by atoms with Crippen molar-refractivity contribution in [1.82, 2.24) is 0 Å². The number of nitriles is 1. The molecule has 0 atom stereocenters. The van der Waals surface area contributed by atoms with E-state index in [9.17, 15) is 14.9 Å². The number of ether oxygens (including phenoxy) is 1. The number of benzene rings is 1. The molecule has 1 N–H and O–H groups in total. The summed E-state index contributed by atoms with van der Waals surface area (Å²) in [4.78, 5) is 21.6. The van der Waals surface area contributed by atoms with Gasteiger partial charge in [-0.1, -0.05) is 0 Å². The van der Waals surface area contributed by atoms with E-state index in [0.717, 1.165) is 12.1 Å². The largest absolute Gasteiger partial charge is 0.462 e. The van der Waals surface area contributed by atoms with Crippen LogP contribution in [-0.2, 0) is 11.3 Å². The standard InChI is InChI=1S/C11H10N2O5/c1-2-18-11(15)10-7(5-12)3-9(13(16)17)4-8(10)6-14/h3-4,14H,2,6H2,1H3. The van der Waals surface area contributed by atoms with Crippen molar-refractivity contribution < 1.29 is 19.6 Å². The van der Waals surface area contributed by atoms with Gasteiger partial charge in [0.1, 0.15) is 6.07 Å². The molecule has 0 spiro atoms. The molecule has 0 aliphatic carbocycles. The minimum Gasteiger partial charge on any atom is -0.462 e. The van der Waals surface area contributed by atoms with Crippen LogP contribution < -0.4 is 0 Å². The monoisotopic (exact) mass is 250 g/mol. The maximum Gasteiger partial charge on any atom is 0.339 e. The van der Waals surface area contributed by atoms with Crippen LogP contribution in [0.4, 0.5) is 5.69 Å². The third kappa shape index (κ3) is 2.61. The van der Waals surface area contributed by atoms with E-state index in [2.05, 4.69) is 0 Å². The number of nitrogens with zero attached hydrogens (tertiary/aromatic N) is 2. The highest BCUT2D eigenvalue weighted by Crippen LogP contribution is 2.23. The number of aliphatic hydroxyl groups is 1. The number of hydrogen-bond donors (Lipinski definition) is 1. The number of hydrogen-bond acceptors (Lipinski definition) is 6. The van der Waals surface area contributed by atoms with E-state index in [1.165, 1.54) is 0 Å². The van der Waals surface area contributed by atoms with E-state index in [4.69, 9.17) is 15.1 Å². The molecule has 0 aromatic heterocycles. The Morgan fingerprint density at radius 2 is 2.28 bits per heavy atom. The minimum atomic E-state index is -0.784. The lowest BCUT2D eigenvalue weighted by atomic mass is 10.0. The average molecular weight is 250 g/mol. The summed E-state index contributed by atoms with van der Waals surface area (Å²) >= 11 is 0. The van der Waals surface area contributed by atoms with Crippen LogP contribution in [0, 0.1) is 21.4 Å². The number of nitro groups is 1. The summed E-state index contributed by atoms with van der Waals surface area (Å²) < 4.78 is 4.74. The zero-order valence-electron chi connectivity index (χ0n) is 9.54. The Hall–Kier alpha value is -2.46. The molecule has 0 amide bonds. The van der Waals surface area contributed by atoms with E-state index in [-0.39, 0.29) is 29.0 Å². The summed E-state index contributed by atoms with van der Waals surface area (Å²) in [5, 5.41) is 28.7. The van der Waals surface area contributed by atoms with Crippen molar-refractivity contribution in [1.29, 1.82) is 5.26 Å². The van der Waals surface area contributed by atoms with E-state index in [1.54, 1.807) is 13.0 Å². The second-order valence-corrected chi connectivity index (χ2v) is 3.27. The van der Waals surface area contributed by atoms with Crippen molar-refractivity contribution in [3.8, 4) is 6.07 Å². The molecule has 0 saturated carbocycles. The van der Waals surface area contributed by atoms with Crippen LogP contribution in [0.5, 0.6) is 0 Å². The van der Waals surface area contributed by atoms with Gasteiger partial charge in [0.15, 0.2) is 0 Å². The maximum absolute atomic E-state index is 11.6. The number of aliphatic hydroxyl groups excluding tert-OH is 1. The lowest BCUT2D eigenvalue weighted by molar-refractivity contribution is -0.385. The summed E-state index contributed by atoms with van der Waals surface area (Å²) in [5.41, 5.74) is -0.679. The molecule has 0 radical (unpaired) electrons. The lowest BCUT2D eigenvalue weighted by Gasteiger charge is -2.08. The molecular weight excluding hydrogens is 240 g/mol. The third-order valence-electron chi connectivity index (χ3n) is 2.19. The quantitative estimate of drug-likeness (QED) is 0.486. The Bertz CT molecular complexity index is 533. The summed E-state index contributed by atoms with van der Waals surface area (Å²) in [6, 6.07) is 3.71. The lowest BCUT2D eigenvalue weighted by Crippen LogP contribution is -2.11. The van der Waals surface area contributed by atoms with Crippen molar-refractivity contribution >= 4 is 11.7 Å². The zero-order chi connectivity index (χ0) is 13.7. The topological polar surface area (TPSA) is 113 Å². The number of esters is 1. The number of nitro benzene ring substituents is 1. The van der Waals surface area contributed by atoms with Crippen molar-refractivity contribution in [2.45, 2.75) is 13.5 Å². The Kier molecular flexibility index (Phi) is 4.34. The van der Waals surface area contributed by atoms with Crippen molar-refractivity contribution in [3.63, 3.8) is 0 Å². The van der Waals surface area contributed by atoms with Gasteiger partial charge in [-0.3, -0.25) is 10.1 Å².